The average Bonchev–Trinajstić information content (AvgIpc) is 2.81. The Kier molecular flexibility index (Phi) is 4.08. The molecule has 0 aliphatic carbocycles. The molecule has 0 N–H and O–H groups in total. The number of para-hydroxylation sites is 1. The lowest BCUT2D eigenvalue weighted by atomic mass is 10.3. The van der Waals surface area contributed by atoms with E-state index in [4.69, 9.17) is 4.74 Å². The second-order valence-corrected chi connectivity index (χ2v) is 4.04. The van der Waals surface area contributed by atoms with Crippen molar-refractivity contribution in [1.29, 1.82) is 0 Å². The van der Waals surface area contributed by atoms with Crippen molar-refractivity contribution >= 4 is 0 Å². The number of nitrogens with zero attached hydrogens (tertiary/aromatic N) is 1. The maximum absolute atomic E-state index is 12.3. The molecule has 18 heavy (non-hydrogen) atoms. The van der Waals surface area contributed by atoms with Crippen LogP contribution in [0.1, 0.15) is 12.8 Å². The van der Waals surface area contributed by atoms with E-state index in [1.807, 2.05) is 0 Å². The fourth-order valence-electron chi connectivity index (χ4n) is 1.86. The van der Waals surface area contributed by atoms with Gasteiger partial charge in [0.25, 0.3) is 6.41 Å². The summed E-state index contributed by atoms with van der Waals surface area (Å²) in [4.78, 5) is 1.54. The fourth-order valence-corrected chi connectivity index (χ4v) is 1.86. The molecule has 1 unspecified atom stereocenters. The third-order valence-electron chi connectivity index (χ3n) is 2.65. The quantitative estimate of drug-likeness (QED) is 0.778. The lowest BCUT2D eigenvalue weighted by molar-refractivity contribution is -0.389. The lowest BCUT2D eigenvalue weighted by Crippen LogP contribution is -2.43. The van der Waals surface area contributed by atoms with Crippen molar-refractivity contribution in [3.05, 3.63) is 30.3 Å². The maximum atomic E-state index is 12.3. The Hall–Kier alpha value is -1.27. The van der Waals surface area contributed by atoms with Crippen molar-refractivity contribution in [1.82, 2.24) is 4.90 Å². The normalized spacial score (nSPS) is 18.8. The minimum Gasteiger partial charge on any atom is -0.451 e. The molecule has 0 bridgehead atoms. The predicted octanol–water partition coefficient (Wildman–Crippen LogP) is 2.98. The topological polar surface area (TPSA) is 21.7 Å². The molecule has 0 amide bonds. The van der Waals surface area contributed by atoms with Gasteiger partial charge in [-0.25, -0.2) is 9.64 Å². The molecule has 3 nitrogen and oxygen atoms in total. The number of rotatable bonds is 4. The van der Waals surface area contributed by atoms with Crippen LogP contribution in [0.25, 0.3) is 0 Å². The minimum atomic E-state index is -4.71. The molecule has 6 heteroatoms. The molecule has 1 atom stereocenters. The van der Waals surface area contributed by atoms with Crippen molar-refractivity contribution in [2.45, 2.75) is 25.6 Å². The van der Waals surface area contributed by atoms with Crippen LogP contribution in [0.5, 0.6) is 5.75 Å². The molecule has 1 aromatic rings. The Morgan fingerprint density at radius 3 is 2.22 bits per heavy atom. The Labute approximate surface area is 103 Å². The number of hydrogen-bond donors (Lipinski definition) is 0. The van der Waals surface area contributed by atoms with Gasteiger partial charge < -0.3 is 4.74 Å². The van der Waals surface area contributed by atoms with Crippen LogP contribution < -0.4 is 4.74 Å². The largest absolute Gasteiger partial charge is 0.526 e. The number of likely N-dealkylation sites (tertiary alicyclic amines) is 1. The molecule has 2 rings (SSSR count). The van der Waals surface area contributed by atoms with Crippen LogP contribution >= 0.6 is 0 Å². The number of alkyl halides is 3. The lowest BCUT2D eigenvalue weighted by Gasteiger charge is -2.28. The zero-order valence-corrected chi connectivity index (χ0v) is 9.69. The molecule has 0 saturated carbocycles. The number of hydrogen-bond acceptors (Lipinski definition) is 3. The van der Waals surface area contributed by atoms with E-state index in [0.717, 1.165) is 12.8 Å². The molecular formula is C12H14F3NO2. The summed E-state index contributed by atoms with van der Waals surface area (Å²) >= 11 is 0. The van der Waals surface area contributed by atoms with Crippen LogP contribution in [0.3, 0.4) is 0 Å². The van der Waals surface area contributed by atoms with E-state index in [9.17, 15) is 13.2 Å². The predicted molar refractivity (Wildman–Crippen MR) is 58.8 cm³/mol. The standard InChI is InChI=1S/C12H14F3NO2/c13-12(14,15)18-11(16-8-4-5-9-16)17-10-6-2-1-3-7-10/h1-3,6-7,11H,4-5,8-9H2. The molecule has 1 fully saturated rings. The van der Waals surface area contributed by atoms with Crippen LogP contribution in [0, 0.1) is 0 Å². The van der Waals surface area contributed by atoms with E-state index in [0.29, 0.717) is 18.8 Å². The highest BCUT2D eigenvalue weighted by atomic mass is 19.4. The molecule has 0 aromatic heterocycles. The zero-order chi connectivity index (χ0) is 13.0. The van der Waals surface area contributed by atoms with Gasteiger partial charge in [0.1, 0.15) is 5.75 Å². The average molecular weight is 261 g/mol. The number of halogens is 3. The van der Waals surface area contributed by atoms with E-state index >= 15 is 0 Å². The van der Waals surface area contributed by atoms with Gasteiger partial charge >= 0.3 is 6.36 Å². The van der Waals surface area contributed by atoms with Gasteiger partial charge in [-0.3, -0.25) is 0 Å². The Morgan fingerprint density at radius 2 is 1.67 bits per heavy atom. The van der Waals surface area contributed by atoms with E-state index in [-0.39, 0.29) is 0 Å². The maximum Gasteiger partial charge on any atom is 0.526 e. The summed E-state index contributed by atoms with van der Waals surface area (Å²) in [5.41, 5.74) is 0. The third kappa shape index (κ3) is 3.89. The molecule has 1 heterocycles. The SMILES string of the molecule is FC(F)(F)OC(Oc1ccccc1)N1CCCC1. The van der Waals surface area contributed by atoms with Crippen LogP contribution in [0.4, 0.5) is 13.2 Å². The first-order valence-electron chi connectivity index (χ1n) is 5.75. The third-order valence-corrected chi connectivity index (χ3v) is 2.65. The summed E-state index contributed by atoms with van der Waals surface area (Å²) in [5.74, 6) is 0.360. The van der Waals surface area contributed by atoms with E-state index < -0.39 is 12.8 Å². The zero-order valence-electron chi connectivity index (χ0n) is 9.69. The van der Waals surface area contributed by atoms with Crippen molar-refractivity contribution in [2.24, 2.45) is 0 Å². The highest BCUT2D eigenvalue weighted by Gasteiger charge is 2.38. The highest BCUT2D eigenvalue weighted by molar-refractivity contribution is 5.21. The van der Waals surface area contributed by atoms with E-state index in [1.165, 1.54) is 0 Å². The Morgan fingerprint density at radius 1 is 1.06 bits per heavy atom. The van der Waals surface area contributed by atoms with Crippen molar-refractivity contribution in [3.8, 4) is 5.75 Å². The van der Waals surface area contributed by atoms with Crippen LogP contribution in [-0.2, 0) is 4.74 Å². The minimum absolute atomic E-state index is 0.360. The fraction of sp³-hybridized carbons (Fsp3) is 0.500. The molecule has 0 radical (unpaired) electrons. The van der Waals surface area contributed by atoms with Crippen molar-refractivity contribution in [3.63, 3.8) is 0 Å². The molecule has 1 aromatic carbocycles. The van der Waals surface area contributed by atoms with Gasteiger partial charge in [-0.1, -0.05) is 18.2 Å². The van der Waals surface area contributed by atoms with E-state index in [1.54, 1.807) is 35.2 Å². The van der Waals surface area contributed by atoms with Gasteiger partial charge in [0.05, 0.1) is 0 Å². The molecule has 100 valence electrons. The molecular weight excluding hydrogens is 247 g/mol. The summed E-state index contributed by atoms with van der Waals surface area (Å²) in [6.07, 6.45) is -4.40. The molecule has 1 aliphatic rings. The van der Waals surface area contributed by atoms with Crippen LogP contribution in [-0.4, -0.2) is 30.8 Å². The van der Waals surface area contributed by atoms with Gasteiger partial charge in [-0.2, -0.15) is 0 Å². The Balaban J connectivity index is 2.04. The van der Waals surface area contributed by atoms with Crippen LogP contribution in [0.2, 0.25) is 0 Å². The van der Waals surface area contributed by atoms with Crippen molar-refractivity contribution in [2.75, 3.05) is 13.1 Å². The number of ether oxygens (including phenoxy) is 2. The van der Waals surface area contributed by atoms with Gasteiger partial charge in [0, 0.05) is 13.1 Å². The first kappa shape index (κ1) is 13.2. The summed E-state index contributed by atoms with van der Waals surface area (Å²) in [6, 6.07) is 8.36. The van der Waals surface area contributed by atoms with E-state index in [2.05, 4.69) is 4.74 Å². The summed E-state index contributed by atoms with van der Waals surface area (Å²) < 4.78 is 46.3. The van der Waals surface area contributed by atoms with Crippen molar-refractivity contribution < 1.29 is 22.6 Å². The van der Waals surface area contributed by atoms with Gasteiger partial charge in [0.2, 0.25) is 0 Å². The van der Waals surface area contributed by atoms with Gasteiger partial charge in [-0.15, -0.1) is 13.2 Å². The second kappa shape index (κ2) is 5.58. The first-order valence-corrected chi connectivity index (χ1v) is 5.75. The molecule has 1 aliphatic heterocycles. The summed E-state index contributed by atoms with van der Waals surface area (Å²) in [7, 11) is 0. The molecule has 0 spiro atoms. The summed E-state index contributed by atoms with van der Waals surface area (Å²) in [6.45, 7) is 1.10. The monoisotopic (exact) mass is 261 g/mol. The second-order valence-electron chi connectivity index (χ2n) is 4.04. The smallest absolute Gasteiger partial charge is 0.451 e. The molecule has 1 saturated heterocycles. The number of benzene rings is 1. The summed E-state index contributed by atoms with van der Waals surface area (Å²) in [5, 5.41) is 0. The first-order chi connectivity index (χ1) is 8.54. The van der Waals surface area contributed by atoms with Gasteiger partial charge in [-0.05, 0) is 25.0 Å². The highest BCUT2D eigenvalue weighted by Crippen LogP contribution is 2.25. The van der Waals surface area contributed by atoms with Gasteiger partial charge in [0.15, 0.2) is 0 Å². The Bertz CT molecular complexity index is 363. The van der Waals surface area contributed by atoms with Crippen LogP contribution in [0.15, 0.2) is 30.3 Å².